The highest BCUT2D eigenvalue weighted by molar-refractivity contribution is 6.35. The number of benzene rings is 1. The van der Waals surface area contributed by atoms with E-state index in [4.69, 9.17) is 17.3 Å². The molecule has 1 aliphatic heterocycles. The van der Waals surface area contributed by atoms with Crippen molar-refractivity contribution in [1.29, 1.82) is 0 Å². The molecule has 2 aromatic rings. The lowest BCUT2D eigenvalue weighted by Gasteiger charge is -2.37. The second kappa shape index (κ2) is 4.99. The van der Waals surface area contributed by atoms with Crippen molar-refractivity contribution >= 4 is 28.2 Å². The van der Waals surface area contributed by atoms with Crippen LogP contribution in [0.15, 0.2) is 30.5 Å². The van der Waals surface area contributed by atoms with E-state index in [-0.39, 0.29) is 6.04 Å². The zero-order chi connectivity index (χ0) is 13.4. The van der Waals surface area contributed by atoms with Crippen LogP contribution in [0.4, 0.5) is 5.69 Å². The van der Waals surface area contributed by atoms with Gasteiger partial charge < -0.3 is 10.6 Å². The Hall–Kier alpha value is -1.32. The van der Waals surface area contributed by atoms with E-state index in [2.05, 4.69) is 28.9 Å². The van der Waals surface area contributed by atoms with Gasteiger partial charge in [-0.25, -0.2) is 0 Å². The van der Waals surface area contributed by atoms with Crippen molar-refractivity contribution in [2.24, 2.45) is 11.7 Å². The van der Waals surface area contributed by atoms with Gasteiger partial charge in [0.15, 0.2) is 0 Å². The summed E-state index contributed by atoms with van der Waals surface area (Å²) in [5, 5.41) is 1.81. The molecule has 2 heterocycles. The number of fused-ring (bicyclic) bond motifs is 1. The summed E-state index contributed by atoms with van der Waals surface area (Å²) in [5.41, 5.74) is 8.20. The van der Waals surface area contributed by atoms with E-state index in [9.17, 15) is 0 Å². The molecule has 3 rings (SSSR count). The quantitative estimate of drug-likeness (QED) is 0.870. The fraction of sp³-hybridized carbons (Fsp3) is 0.400. The standard InChI is InChI=1S/C15H18ClN3/c1-10-7-11(17)9-19(8-10)14-5-4-13(16)15-12(14)3-2-6-18-15/h2-6,10-11H,7-9,17H2,1H3. The summed E-state index contributed by atoms with van der Waals surface area (Å²) in [4.78, 5) is 6.74. The van der Waals surface area contributed by atoms with E-state index in [0.717, 1.165) is 30.4 Å². The van der Waals surface area contributed by atoms with Crippen LogP contribution in [0, 0.1) is 5.92 Å². The molecule has 19 heavy (non-hydrogen) atoms. The molecule has 0 spiro atoms. The lowest BCUT2D eigenvalue weighted by atomic mass is 9.95. The van der Waals surface area contributed by atoms with E-state index < -0.39 is 0 Å². The molecule has 2 N–H and O–H groups in total. The van der Waals surface area contributed by atoms with Crippen molar-refractivity contribution in [3.05, 3.63) is 35.5 Å². The molecule has 1 fully saturated rings. The second-order valence-corrected chi connectivity index (χ2v) is 5.88. The van der Waals surface area contributed by atoms with Crippen LogP contribution in [0.1, 0.15) is 13.3 Å². The Labute approximate surface area is 118 Å². The molecule has 0 saturated carbocycles. The summed E-state index contributed by atoms with van der Waals surface area (Å²) in [6.45, 7) is 4.19. The van der Waals surface area contributed by atoms with E-state index in [1.165, 1.54) is 5.69 Å². The zero-order valence-electron chi connectivity index (χ0n) is 11.0. The van der Waals surface area contributed by atoms with Crippen molar-refractivity contribution in [3.63, 3.8) is 0 Å². The van der Waals surface area contributed by atoms with Gasteiger partial charge in [-0.15, -0.1) is 0 Å². The highest BCUT2D eigenvalue weighted by Gasteiger charge is 2.23. The Kier molecular flexibility index (Phi) is 3.33. The van der Waals surface area contributed by atoms with Gasteiger partial charge in [0.05, 0.1) is 10.5 Å². The van der Waals surface area contributed by atoms with Crippen LogP contribution >= 0.6 is 11.6 Å². The molecule has 0 radical (unpaired) electrons. The van der Waals surface area contributed by atoms with Crippen LogP contribution in [0.5, 0.6) is 0 Å². The van der Waals surface area contributed by atoms with Crippen LogP contribution < -0.4 is 10.6 Å². The summed E-state index contributed by atoms with van der Waals surface area (Å²) in [6, 6.07) is 8.28. The van der Waals surface area contributed by atoms with Gasteiger partial charge in [0, 0.05) is 36.4 Å². The molecule has 4 heteroatoms. The number of piperidine rings is 1. The van der Waals surface area contributed by atoms with Crippen LogP contribution in [-0.4, -0.2) is 24.1 Å². The number of hydrogen-bond donors (Lipinski definition) is 1. The maximum atomic E-state index is 6.22. The Morgan fingerprint density at radius 1 is 1.32 bits per heavy atom. The number of halogens is 1. The number of hydrogen-bond acceptors (Lipinski definition) is 3. The number of pyridine rings is 1. The Bertz CT molecular complexity index is 589. The first-order valence-corrected chi connectivity index (χ1v) is 7.06. The minimum atomic E-state index is 0.242. The molecule has 3 nitrogen and oxygen atoms in total. The third-order valence-electron chi connectivity index (χ3n) is 3.73. The molecule has 0 amide bonds. The van der Waals surface area contributed by atoms with Gasteiger partial charge in [-0.3, -0.25) is 4.98 Å². The smallest absolute Gasteiger partial charge is 0.0908 e. The largest absolute Gasteiger partial charge is 0.369 e. The average molecular weight is 276 g/mol. The maximum absolute atomic E-state index is 6.22. The van der Waals surface area contributed by atoms with Crippen molar-refractivity contribution < 1.29 is 0 Å². The van der Waals surface area contributed by atoms with Gasteiger partial charge in [-0.2, -0.15) is 0 Å². The highest BCUT2D eigenvalue weighted by atomic mass is 35.5. The normalized spacial score (nSPS) is 23.8. The molecule has 1 saturated heterocycles. The molecule has 0 aliphatic carbocycles. The van der Waals surface area contributed by atoms with Crippen molar-refractivity contribution in [3.8, 4) is 0 Å². The predicted molar refractivity (Wildman–Crippen MR) is 80.7 cm³/mol. The van der Waals surface area contributed by atoms with Gasteiger partial charge in [-0.05, 0) is 36.6 Å². The van der Waals surface area contributed by atoms with Crippen molar-refractivity contribution in [1.82, 2.24) is 4.98 Å². The molecule has 100 valence electrons. The molecule has 0 bridgehead atoms. The fourth-order valence-corrected chi connectivity index (χ4v) is 3.21. The Morgan fingerprint density at radius 3 is 2.95 bits per heavy atom. The third kappa shape index (κ3) is 2.40. The van der Waals surface area contributed by atoms with Crippen molar-refractivity contribution in [2.45, 2.75) is 19.4 Å². The monoisotopic (exact) mass is 275 g/mol. The van der Waals surface area contributed by atoms with E-state index >= 15 is 0 Å². The lowest BCUT2D eigenvalue weighted by Crippen LogP contribution is -2.46. The minimum Gasteiger partial charge on any atom is -0.369 e. The maximum Gasteiger partial charge on any atom is 0.0908 e. The zero-order valence-corrected chi connectivity index (χ0v) is 11.8. The van der Waals surface area contributed by atoms with Gasteiger partial charge >= 0.3 is 0 Å². The van der Waals surface area contributed by atoms with Gasteiger partial charge in [0.1, 0.15) is 0 Å². The first kappa shape index (κ1) is 12.7. The number of rotatable bonds is 1. The lowest BCUT2D eigenvalue weighted by molar-refractivity contribution is 0.402. The molecule has 1 aromatic heterocycles. The Balaban J connectivity index is 2.07. The topological polar surface area (TPSA) is 42.1 Å². The van der Waals surface area contributed by atoms with Gasteiger partial charge in [0.2, 0.25) is 0 Å². The third-order valence-corrected chi connectivity index (χ3v) is 4.04. The summed E-state index contributed by atoms with van der Waals surface area (Å²) < 4.78 is 0. The van der Waals surface area contributed by atoms with Gasteiger partial charge in [-0.1, -0.05) is 18.5 Å². The number of aromatic nitrogens is 1. The fourth-order valence-electron chi connectivity index (χ4n) is 3.00. The first-order valence-electron chi connectivity index (χ1n) is 6.69. The van der Waals surface area contributed by atoms with Crippen LogP contribution in [0.3, 0.4) is 0 Å². The van der Waals surface area contributed by atoms with Crippen molar-refractivity contribution in [2.75, 3.05) is 18.0 Å². The van der Waals surface area contributed by atoms with Crippen LogP contribution in [-0.2, 0) is 0 Å². The second-order valence-electron chi connectivity index (χ2n) is 5.47. The van der Waals surface area contributed by atoms with Crippen LogP contribution in [0.25, 0.3) is 10.9 Å². The minimum absolute atomic E-state index is 0.242. The van der Waals surface area contributed by atoms with Crippen LogP contribution in [0.2, 0.25) is 5.02 Å². The number of anilines is 1. The summed E-state index contributed by atoms with van der Waals surface area (Å²) in [7, 11) is 0. The first-order chi connectivity index (χ1) is 9.15. The molecule has 1 aromatic carbocycles. The van der Waals surface area contributed by atoms with E-state index in [1.54, 1.807) is 6.20 Å². The molecule has 1 aliphatic rings. The predicted octanol–water partition coefficient (Wildman–Crippen LogP) is 3.06. The Morgan fingerprint density at radius 2 is 2.16 bits per heavy atom. The SMILES string of the molecule is CC1CC(N)CN(c2ccc(Cl)c3ncccc23)C1. The number of nitrogens with zero attached hydrogens (tertiary/aromatic N) is 2. The summed E-state index contributed by atoms with van der Waals surface area (Å²) >= 11 is 6.22. The average Bonchev–Trinajstić information content (AvgIpc) is 2.38. The summed E-state index contributed by atoms with van der Waals surface area (Å²) in [5.74, 6) is 0.617. The number of nitrogens with two attached hydrogens (primary N) is 1. The molecular weight excluding hydrogens is 258 g/mol. The van der Waals surface area contributed by atoms with Gasteiger partial charge in [0.25, 0.3) is 0 Å². The summed E-state index contributed by atoms with van der Waals surface area (Å²) in [6.07, 6.45) is 2.88. The molecule has 2 atom stereocenters. The molecule has 2 unspecified atom stereocenters. The van der Waals surface area contributed by atoms with E-state index in [0.29, 0.717) is 10.9 Å². The molecular formula is C15H18ClN3. The van der Waals surface area contributed by atoms with E-state index in [1.807, 2.05) is 12.1 Å². The highest BCUT2D eigenvalue weighted by Crippen LogP contribution is 2.32.